The van der Waals surface area contributed by atoms with E-state index in [1.54, 1.807) is 31.2 Å². The van der Waals surface area contributed by atoms with Gasteiger partial charge >= 0.3 is 0 Å². The number of amides is 1. The molecule has 6 heteroatoms. The number of carbonyl (C=O) groups is 1. The minimum absolute atomic E-state index is 0.0268. The Hall–Kier alpha value is -2.34. The number of aryl methyl sites for hydroxylation is 1. The molecule has 0 heterocycles. The van der Waals surface area contributed by atoms with Crippen LogP contribution < -0.4 is 9.62 Å². The van der Waals surface area contributed by atoms with Crippen molar-refractivity contribution in [1.29, 1.82) is 0 Å². The monoisotopic (exact) mass is 332 g/mol. The molecule has 0 saturated heterocycles. The van der Waals surface area contributed by atoms with Crippen molar-refractivity contribution in [3.05, 3.63) is 59.7 Å². The van der Waals surface area contributed by atoms with E-state index in [0.717, 1.165) is 11.3 Å². The molecule has 122 valence electrons. The maximum Gasteiger partial charge on any atom is 0.255 e. The average Bonchev–Trinajstić information content (AvgIpc) is 2.56. The first kappa shape index (κ1) is 17.0. The van der Waals surface area contributed by atoms with Gasteiger partial charge in [0.2, 0.25) is 10.0 Å². The van der Waals surface area contributed by atoms with Crippen molar-refractivity contribution in [2.75, 3.05) is 22.4 Å². The molecule has 2 aromatic rings. The van der Waals surface area contributed by atoms with E-state index >= 15 is 0 Å². The SMILES string of the molecule is CCS(=O)(=O)N(C)c1ccc(C(=O)Nc2ccccc2C)cc1. The summed E-state index contributed by atoms with van der Waals surface area (Å²) < 4.78 is 24.9. The Morgan fingerprint density at radius 1 is 1.09 bits per heavy atom. The van der Waals surface area contributed by atoms with Crippen LogP contribution in [0.3, 0.4) is 0 Å². The summed E-state index contributed by atoms with van der Waals surface area (Å²) in [4.78, 5) is 12.3. The fourth-order valence-corrected chi connectivity index (χ4v) is 2.91. The Labute approximate surface area is 137 Å². The highest BCUT2D eigenvalue weighted by molar-refractivity contribution is 7.92. The fourth-order valence-electron chi connectivity index (χ4n) is 2.08. The van der Waals surface area contributed by atoms with Crippen LogP contribution in [0.2, 0.25) is 0 Å². The van der Waals surface area contributed by atoms with Gasteiger partial charge in [-0.2, -0.15) is 0 Å². The molecule has 0 aliphatic heterocycles. The summed E-state index contributed by atoms with van der Waals surface area (Å²) >= 11 is 0. The van der Waals surface area contributed by atoms with Gasteiger partial charge in [0.1, 0.15) is 0 Å². The first-order valence-corrected chi connectivity index (χ1v) is 8.89. The summed E-state index contributed by atoms with van der Waals surface area (Å²) in [5, 5.41) is 2.85. The van der Waals surface area contributed by atoms with Gasteiger partial charge in [-0.1, -0.05) is 18.2 Å². The zero-order chi connectivity index (χ0) is 17.0. The highest BCUT2D eigenvalue weighted by Gasteiger charge is 2.16. The third-order valence-corrected chi connectivity index (χ3v) is 5.44. The minimum atomic E-state index is -3.31. The van der Waals surface area contributed by atoms with Crippen LogP contribution in [-0.4, -0.2) is 27.1 Å². The Morgan fingerprint density at radius 2 is 1.70 bits per heavy atom. The normalized spacial score (nSPS) is 11.1. The van der Waals surface area contributed by atoms with Gasteiger partial charge in [-0.25, -0.2) is 8.42 Å². The van der Waals surface area contributed by atoms with Gasteiger partial charge in [0.05, 0.1) is 11.4 Å². The van der Waals surface area contributed by atoms with Crippen LogP contribution in [0.25, 0.3) is 0 Å². The number of sulfonamides is 1. The molecule has 0 bridgehead atoms. The molecule has 0 aromatic heterocycles. The van der Waals surface area contributed by atoms with Crippen molar-refractivity contribution in [3.63, 3.8) is 0 Å². The number of nitrogens with one attached hydrogen (secondary N) is 1. The lowest BCUT2D eigenvalue weighted by Crippen LogP contribution is -2.28. The second kappa shape index (κ2) is 6.83. The van der Waals surface area contributed by atoms with Gasteiger partial charge in [-0.3, -0.25) is 9.10 Å². The molecule has 0 aliphatic rings. The summed E-state index contributed by atoms with van der Waals surface area (Å²) in [5.41, 5.74) is 2.73. The van der Waals surface area contributed by atoms with Crippen LogP contribution in [-0.2, 0) is 10.0 Å². The highest BCUT2D eigenvalue weighted by atomic mass is 32.2. The fraction of sp³-hybridized carbons (Fsp3) is 0.235. The quantitative estimate of drug-likeness (QED) is 0.915. The maximum absolute atomic E-state index is 12.3. The van der Waals surface area contributed by atoms with Crippen LogP contribution in [0.4, 0.5) is 11.4 Å². The molecule has 2 aromatic carbocycles. The molecular weight excluding hydrogens is 312 g/mol. The minimum Gasteiger partial charge on any atom is -0.322 e. The van der Waals surface area contributed by atoms with Crippen LogP contribution in [0, 0.1) is 6.92 Å². The lowest BCUT2D eigenvalue weighted by molar-refractivity contribution is 0.102. The number of hydrogen-bond acceptors (Lipinski definition) is 3. The second-order valence-electron chi connectivity index (χ2n) is 5.18. The first-order chi connectivity index (χ1) is 10.8. The van der Waals surface area contributed by atoms with Crippen molar-refractivity contribution in [3.8, 4) is 0 Å². The number of anilines is 2. The molecule has 0 radical (unpaired) electrons. The van der Waals surface area contributed by atoms with E-state index in [2.05, 4.69) is 5.32 Å². The number of rotatable bonds is 5. The smallest absolute Gasteiger partial charge is 0.255 e. The topological polar surface area (TPSA) is 66.5 Å². The molecule has 0 atom stereocenters. The van der Waals surface area contributed by atoms with Gasteiger partial charge in [0.15, 0.2) is 0 Å². The van der Waals surface area contributed by atoms with E-state index in [9.17, 15) is 13.2 Å². The molecule has 5 nitrogen and oxygen atoms in total. The lowest BCUT2D eigenvalue weighted by atomic mass is 10.1. The van der Waals surface area contributed by atoms with Crippen LogP contribution >= 0.6 is 0 Å². The van der Waals surface area contributed by atoms with E-state index in [1.807, 2.05) is 31.2 Å². The van der Waals surface area contributed by atoms with Crippen molar-refractivity contribution in [1.82, 2.24) is 0 Å². The lowest BCUT2D eigenvalue weighted by Gasteiger charge is -2.18. The molecule has 0 saturated carbocycles. The van der Waals surface area contributed by atoms with Gasteiger partial charge < -0.3 is 5.32 Å². The van der Waals surface area contributed by atoms with Crippen LogP contribution in [0.5, 0.6) is 0 Å². The number of para-hydroxylation sites is 1. The molecule has 1 N–H and O–H groups in total. The highest BCUT2D eigenvalue weighted by Crippen LogP contribution is 2.19. The molecule has 23 heavy (non-hydrogen) atoms. The largest absolute Gasteiger partial charge is 0.322 e. The van der Waals surface area contributed by atoms with Crippen LogP contribution in [0.1, 0.15) is 22.8 Å². The molecule has 2 rings (SSSR count). The molecular formula is C17H20N2O3S. The van der Waals surface area contributed by atoms with E-state index in [0.29, 0.717) is 11.3 Å². The van der Waals surface area contributed by atoms with Gasteiger partial charge in [-0.05, 0) is 49.7 Å². The van der Waals surface area contributed by atoms with E-state index < -0.39 is 10.0 Å². The average molecular weight is 332 g/mol. The van der Waals surface area contributed by atoms with E-state index in [4.69, 9.17) is 0 Å². The number of benzene rings is 2. The molecule has 0 aliphatic carbocycles. The van der Waals surface area contributed by atoms with Gasteiger partial charge in [-0.15, -0.1) is 0 Å². The first-order valence-electron chi connectivity index (χ1n) is 7.29. The zero-order valence-electron chi connectivity index (χ0n) is 13.4. The Bertz CT molecular complexity index is 799. The molecule has 1 amide bonds. The zero-order valence-corrected chi connectivity index (χ0v) is 14.2. The standard InChI is InChI=1S/C17H20N2O3S/c1-4-23(21,22)19(3)15-11-9-14(10-12-15)17(20)18-16-8-6-5-7-13(16)2/h5-12H,4H2,1-3H3,(H,18,20). The number of hydrogen-bond donors (Lipinski definition) is 1. The second-order valence-corrected chi connectivity index (χ2v) is 7.47. The predicted octanol–water partition coefficient (Wildman–Crippen LogP) is 3.03. The molecule has 0 spiro atoms. The third kappa shape index (κ3) is 3.90. The summed E-state index contributed by atoms with van der Waals surface area (Å²) in [6.45, 7) is 3.51. The van der Waals surface area contributed by atoms with E-state index in [1.165, 1.54) is 11.4 Å². The third-order valence-electron chi connectivity index (χ3n) is 3.67. The van der Waals surface area contributed by atoms with Gasteiger partial charge in [0, 0.05) is 18.3 Å². The van der Waals surface area contributed by atoms with Crippen molar-refractivity contribution in [2.45, 2.75) is 13.8 Å². The summed E-state index contributed by atoms with van der Waals surface area (Å²) in [5.74, 6) is -0.203. The van der Waals surface area contributed by atoms with Gasteiger partial charge in [0.25, 0.3) is 5.91 Å². The summed E-state index contributed by atoms with van der Waals surface area (Å²) in [6, 6.07) is 14.0. The van der Waals surface area contributed by atoms with Crippen LogP contribution in [0.15, 0.2) is 48.5 Å². The number of carbonyl (C=O) groups excluding carboxylic acids is 1. The summed E-state index contributed by atoms with van der Waals surface area (Å²) in [6.07, 6.45) is 0. The Kier molecular flexibility index (Phi) is 5.05. The Balaban J connectivity index is 2.16. The van der Waals surface area contributed by atoms with Crippen molar-refractivity contribution in [2.24, 2.45) is 0 Å². The summed E-state index contributed by atoms with van der Waals surface area (Å²) in [7, 11) is -1.80. The Morgan fingerprint density at radius 3 is 2.26 bits per heavy atom. The number of nitrogens with zero attached hydrogens (tertiary/aromatic N) is 1. The van der Waals surface area contributed by atoms with Crippen molar-refractivity contribution < 1.29 is 13.2 Å². The molecule has 0 unspecified atom stereocenters. The van der Waals surface area contributed by atoms with Crippen molar-refractivity contribution >= 4 is 27.3 Å². The maximum atomic E-state index is 12.3. The van der Waals surface area contributed by atoms with E-state index in [-0.39, 0.29) is 11.7 Å². The molecule has 0 fully saturated rings. The predicted molar refractivity (Wildman–Crippen MR) is 93.4 cm³/mol.